The molecule has 0 saturated carbocycles. The largest absolute Gasteiger partial charge is 0.433 e. The number of halogens is 3. The molecule has 1 aromatic heterocycles. The fourth-order valence-electron chi connectivity index (χ4n) is 3.14. The molecule has 0 fully saturated rings. The van der Waals surface area contributed by atoms with Gasteiger partial charge in [-0.3, -0.25) is 4.72 Å². The first-order valence-corrected chi connectivity index (χ1v) is 13.6. The highest BCUT2D eigenvalue weighted by molar-refractivity contribution is 14.1. The van der Waals surface area contributed by atoms with Crippen LogP contribution in [0, 0.1) is 0 Å². The molecule has 0 bridgehead atoms. The highest BCUT2D eigenvalue weighted by atomic mass is 127. The zero-order valence-electron chi connectivity index (χ0n) is 18.1. The van der Waals surface area contributed by atoms with Gasteiger partial charge in [-0.25, -0.2) is 13.2 Å². The topological polar surface area (TPSA) is 135 Å². The number of rotatable bonds is 10. The second-order valence-electron chi connectivity index (χ2n) is 7.00. The third kappa shape index (κ3) is 6.33. The minimum Gasteiger partial charge on any atom is -0.433 e. The van der Waals surface area contributed by atoms with Crippen LogP contribution >= 0.6 is 33.9 Å². The van der Waals surface area contributed by atoms with Crippen LogP contribution in [0.1, 0.15) is 35.1 Å². The number of fused-ring (bicyclic) bond motifs is 1. The van der Waals surface area contributed by atoms with E-state index >= 15 is 0 Å². The van der Waals surface area contributed by atoms with Crippen molar-refractivity contribution < 1.29 is 31.5 Å². The summed E-state index contributed by atoms with van der Waals surface area (Å²) in [7, 11) is -3.59. The molecule has 0 radical (unpaired) electrons. The number of alkyl halides is 3. The van der Waals surface area contributed by atoms with Gasteiger partial charge in [-0.15, -0.1) is 20.4 Å². The van der Waals surface area contributed by atoms with Crippen LogP contribution in [0.3, 0.4) is 0 Å². The lowest BCUT2D eigenvalue weighted by atomic mass is 10.00. The van der Waals surface area contributed by atoms with Crippen LogP contribution in [0.15, 0.2) is 22.4 Å². The number of anilines is 2. The Balaban J connectivity index is 1.97. The maximum Gasteiger partial charge on any atom is 0.371 e. The summed E-state index contributed by atoms with van der Waals surface area (Å²) < 4.78 is 61.4. The van der Waals surface area contributed by atoms with Crippen molar-refractivity contribution in [2.24, 2.45) is 10.2 Å². The highest BCUT2D eigenvalue weighted by Crippen LogP contribution is 2.41. The molecule has 1 aromatic carbocycles. The second-order valence-corrected chi connectivity index (χ2v) is 11.0. The Morgan fingerprint density at radius 3 is 2.82 bits per heavy atom. The van der Waals surface area contributed by atoms with Gasteiger partial charge in [0.15, 0.2) is 6.79 Å². The number of hydrogen-bond donors (Lipinski definition) is 1. The molecule has 0 spiro atoms. The lowest BCUT2D eigenvalue weighted by Gasteiger charge is -2.36. The fraction of sp³-hybridized carbons (Fsp3) is 0.500. The average molecular weight is 630 g/mol. The summed E-state index contributed by atoms with van der Waals surface area (Å²) in [5.74, 6) is -4.38. The molecule has 11 nitrogen and oxygen atoms in total. The Bertz CT molecular complexity index is 1160. The van der Waals surface area contributed by atoms with Crippen molar-refractivity contribution in [3.8, 4) is 0 Å². The summed E-state index contributed by atoms with van der Waals surface area (Å²) in [5.41, 5.74) is 1.53. The normalized spacial score (nSPS) is 16.2. The van der Waals surface area contributed by atoms with Gasteiger partial charge in [0, 0.05) is 19.3 Å². The standard InChI is InChI=1S/C18H21F2IN6O5S2/c1-3-6-27-13-8-12(26-34(29,30)17(19)20)11(7-10(13)4-5-14(27)21)22-24-18-25-23-15(33-18)16(28)32-9-31-2/h7-8,14,17,26H,3-6,9H2,1-2H3. The van der Waals surface area contributed by atoms with Crippen molar-refractivity contribution in [1.82, 2.24) is 10.2 Å². The van der Waals surface area contributed by atoms with Crippen molar-refractivity contribution in [1.29, 1.82) is 0 Å². The van der Waals surface area contributed by atoms with Gasteiger partial charge in [-0.05, 0) is 37.0 Å². The molecule has 1 aliphatic heterocycles. The third-order valence-corrected chi connectivity index (χ3v) is 7.64. The van der Waals surface area contributed by atoms with Crippen LogP contribution in [0.4, 0.5) is 31.0 Å². The Kier molecular flexibility index (Phi) is 9.05. The number of nitrogens with zero attached hydrogens (tertiary/aromatic N) is 5. The van der Waals surface area contributed by atoms with E-state index in [-0.39, 0.29) is 32.4 Å². The molecule has 186 valence electrons. The van der Waals surface area contributed by atoms with E-state index in [1.807, 2.05) is 11.6 Å². The molecule has 2 heterocycles. The van der Waals surface area contributed by atoms with Crippen LogP contribution in [0.5, 0.6) is 0 Å². The van der Waals surface area contributed by atoms with E-state index in [1.165, 1.54) is 13.2 Å². The van der Waals surface area contributed by atoms with Crippen molar-refractivity contribution in [2.75, 3.05) is 30.1 Å². The van der Waals surface area contributed by atoms with Crippen molar-refractivity contribution in [2.45, 2.75) is 36.0 Å². The van der Waals surface area contributed by atoms with E-state index in [0.29, 0.717) is 6.42 Å². The van der Waals surface area contributed by atoms with Crippen molar-refractivity contribution in [3.05, 3.63) is 22.7 Å². The van der Waals surface area contributed by atoms with Gasteiger partial charge in [0.05, 0.1) is 9.74 Å². The molecule has 16 heteroatoms. The highest BCUT2D eigenvalue weighted by Gasteiger charge is 2.29. The molecule has 1 atom stereocenters. The molecule has 1 N–H and O–H groups in total. The first-order valence-electron chi connectivity index (χ1n) is 9.95. The van der Waals surface area contributed by atoms with Crippen molar-refractivity contribution >= 4 is 72.1 Å². The molecule has 34 heavy (non-hydrogen) atoms. The van der Waals surface area contributed by atoms with Gasteiger partial charge in [0.2, 0.25) is 5.01 Å². The van der Waals surface area contributed by atoms with Gasteiger partial charge in [-0.2, -0.15) is 8.78 Å². The number of nitrogens with one attached hydrogen (secondary N) is 1. The molecular weight excluding hydrogens is 609 g/mol. The maximum atomic E-state index is 13.1. The number of sulfonamides is 1. The predicted molar refractivity (Wildman–Crippen MR) is 130 cm³/mol. The van der Waals surface area contributed by atoms with Gasteiger partial charge >= 0.3 is 11.7 Å². The molecule has 0 amide bonds. The van der Waals surface area contributed by atoms with E-state index in [1.54, 1.807) is 6.07 Å². The smallest absolute Gasteiger partial charge is 0.371 e. The predicted octanol–water partition coefficient (Wildman–Crippen LogP) is 4.60. The first-order chi connectivity index (χ1) is 16.2. The van der Waals surface area contributed by atoms with Crippen LogP contribution in [0.2, 0.25) is 0 Å². The molecule has 3 rings (SSSR count). The third-order valence-electron chi connectivity index (χ3n) is 4.59. The zero-order valence-corrected chi connectivity index (χ0v) is 21.9. The summed E-state index contributed by atoms with van der Waals surface area (Å²) in [4.78, 5) is 13.9. The van der Waals surface area contributed by atoms with E-state index in [4.69, 9.17) is 4.74 Å². The molecular formula is C18H21F2IN6O5S2. The monoisotopic (exact) mass is 630 g/mol. The van der Waals surface area contributed by atoms with E-state index < -0.39 is 21.8 Å². The van der Waals surface area contributed by atoms with Gasteiger partial charge in [0.1, 0.15) is 5.69 Å². The number of benzene rings is 1. The quantitative estimate of drug-likeness (QED) is 0.101. The lowest BCUT2D eigenvalue weighted by Crippen LogP contribution is -2.36. The van der Waals surface area contributed by atoms with Gasteiger partial charge in [0.25, 0.3) is 15.2 Å². The number of aromatic nitrogens is 2. The minimum absolute atomic E-state index is 0.00955. The summed E-state index contributed by atoms with van der Waals surface area (Å²) >= 11 is 3.09. The summed E-state index contributed by atoms with van der Waals surface area (Å²) in [6.45, 7) is 2.47. The van der Waals surface area contributed by atoms with Crippen LogP contribution < -0.4 is 9.62 Å². The molecule has 1 aliphatic rings. The summed E-state index contributed by atoms with van der Waals surface area (Å²) in [5, 5.41) is 15.2. The zero-order chi connectivity index (χ0) is 24.9. The fourth-order valence-corrected chi connectivity index (χ4v) is 5.15. The van der Waals surface area contributed by atoms with Gasteiger partial charge < -0.3 is 14.4 Å². The number of carbonyl (C=O) groups excluding carboxylic acids is 1. The minimum atomic E-state index is -4.95. The average Bonchev–Trinajstić information content (AvgIpc) is 3.27. The van der Waals surface area contributed by atoms with Crippen molar-refractivity contribution in [3.63, 3.8) is 0 Å². The van der Waals surface area contributed by atoms with E-state index in [0.717, 1.165) is 42.0 Å². The molecule has 2 aromatic rings. The van der Waals surface area contributed by atoms with Crippen LogP contribution in [-0.2, 0) is 25.9 Å². The molecule has 1 unspecified atom stereocenters. The number of aryl methyl sites for hydroxylation is 1. The lowest BCUT2D eigenvalue weighted by molar-refractivity contribution is -0.0125. The van der Waals surface area contributed by atoms with Gasteiger partial charge in [-0.1, -0.05) is 40.9 Å². The maximum absolute atomic E-state index is 13.1. The Hall–Kier alpha value is -2.05. The molecule has 0 saturated heterocycles. The number of carbonyl (C=O) groups is 1. The van der Waals surface area contributed by atoms with Crippen LogP contribution in [0.25, 0.3) is 0 Å². The molecule has 0 aliphatic carbocycles. The first kappa shape index (κ1) is 26.6. The second kappa shape index (κ2) is 11.6. The number of methoxy groups -OCH3 is 1. The SMILES string of the molecule is CCCN1c2cc(NS(=O)(=O)C(F)F)c(N=Nc3nnc(C(=O)OCOC)s3)cc2CCC1I. The Labute approximate surface area is 212 Å². The van der Waals surface area contributed by atoms with E-state index in [9.17, 15) is 22.0 Å². The summed E-state index contributed by atoms with van der Waals surface area (Å²) in [6.07, 6.45) is 2.40. The Morgan fingerprint density at radius 1 is 1.38 bits per heavy atom. The summed E-state index contributed by atoms with van der Waals surface area (Å²) in [6, 6.07) is 3.11. The number of esters is 1. The number of ether oxygens (including phenoxy) is 2. The van der Waals surface area contributed by atoms with Crippen LogP contribution in [-0.4, -0.2) is 54.8 Å². The van der Waals surface area contributed by atoms with E-state index in [2.05, 4.69) is 52.7 Å². The number of azo groups is 1. The Morgan fingerprint density at radius 2 is 2.15 bits per heavy atom. The number of hydrogen-bond acceptors (Lipinski definition) is 11.